The third kappa shape index (κ3) is 5.07. The summed E-state index contributed by atoms with van der Waals surface area (Å²) in [6.07, 6.45) is 1.45. The molecule has 0 atom stereocenters. The maximum Gasteiger partial charge on any atom is 0.339 e. The Kier molecular flexibility index (Phi) is 6.36. The van der Waals surface area contributed by atoms with Crippen LogP contribution in [0.1, 0.15) is 5.56 Å². The Morgan fingerprint density at radius 1 is 1.12 bits per heavy atom. The van der Waals surface area contributed by atoms with Crippen LogP contribution in [0.2, 0.25) is 0 Å². The summed E-state index contributed by atoms with van der Waals surface area (Å²) in [4.78, 5) is -0.00773. The van der Waals surface area contributed by atoms with E-state index in [9.17, 15) is 8.42 Å². The van der Waals surface area contributed by atoms with Crippen LogP contribution in [0.4, 0.5) is 0 Å². The molecule has 2 aromatic rings. The lowest BCUT2D eigenvalue weighted by Crippen LogP contribution is -2.23. The molecule has 0 radical (unpaired) electrons. The largest absolute Gasteiger partial charge is 0.497 e. The highest BCUT2D eigenvalue weighted by molar-refractivity contribution is 7.87. The van der Waals surface area contributed by atoms with Gasteiger partial charge in [-0.25, -0.2) is 0 Å². The number of thiocarbonyl (C=S) groups is 1. The molecular formula is C16H17N3O5S2. The van der Waals surface area contributed by atoms with Crippen LogP contribution in [0.25, 0.3) is 0 Å². The van der Waals surface area contributed by atoms with Crippen LogP contribution >= 0.6 is 12.2 Å². The number of nitrogens with one attached hydrogen (secondary N) is 1. The summed E-state index contributed by atoms with van der Waals surface area (Å²) in [7, 11) is -1.14. The fourth-order valence-corrected chi connectivity index (χ4v) is 2.90. The van der Waals surface area contributed by atoms with E-state index in [4.69, 9.17) is 19.4 Å². The van der Waals surface area contributed by atoms with Crippen molar-refractivity contribution in [3.63, 3.8) is 0 Å². The molecule has 0 aliphatic heterocycles. The maximum atomic E-state index is 12.4. The SMILES string of the molecule is COc1ccc(S(=O)(=O)Oc2ccc(/C=N\NC(N)=S)cc2OC)cc1. The molecule has 0 bridgehead atoms. The maximum absolute atomic E-state index is 12.4. The fourth-order valence-electron chi connectivity index (χ4n) is 1.91. The minimum Gasteiger partial charge on any atom is -0.497 e. The number of rotatable bonds is 7. The van der Waals surface area contributed by atoms with Gasteiger partial charge in [-0.3, -0.25) is 5.43 Å². The summed E-state index contributed by atoms with van der Waals surface area (Å²) in [6, 6.07) is 10.5. The van der Waals surface area contributed by atoms with Gasteiger partial charge >= 0.3 is 10.1 Å². The minimum absolute atomic E-state index is 0.00773. The van der Waals surface area contributed by atoms with Gasteiger partial charge in [0.15, 0.2) is 16.6 Å². The van der Waals surface area contributed by atoms with E-state index in [1.54, 1.807) is 12.1 Å². The zero-order valence-corrected chi connectivity index (χ0v) is 15.6. The number of benzene rings is 2. The number of ether oxygens (including phenoxy) is 2. The number of methoxy groups -OCH3 is 2. The Labute approximate surface area is 156 Å². The summed E-state index contributed by atoms with van der Waals surface area (Å²) in [5.74, 6) is 0.805. The third-order valence-corrected chi connectivity index (χ3v) is 4.46. The van der Waals surface area contributed by atoms with Crippen LogP contribution in [0.3, 0.4) is 0 Å². The van der Waals surface area contributed by atoms with E-state index in [-0.39, 0.29) is 21.5 Å². The van der Waals surface area contributed by atoms with Gasteiger partial charge in [0.25, 0.3) is 0 Å². The first-order chi connectivity index (χ1) is 12.4. The monoisotopic (exact) mass is 395 g/mol. The molecule has 0 fully saturated rings. The first-order valence-corrected chi connectivity index (χ1v) is 9.02. The standard InChI is InChI=1S/C16H17N3O5S2/c1-22-12-4-6-13(7-5-12)26(20,21)24-14-8-3-11(9-15(14)23-2)10-18-19-16(17)25/h3-10H,1-2H3,(H3,17,19,25)/b18-10-. The van der Waals surface area contributed by atoms with E-state index in [0.29, 0.717) is 11.3 Å². The molecular weight excluding hydrogens is 378 g/mol. The topological polar surface area (TPSA) is 112 Å². The van der Waals surface area contributed by atoms with E-state index in [1.807, 2.05) is 0 Å². The molecule has 3 N–H and O–H groups in total. The van der Waals surface area contributed by atoms with Crippen molar-refractivity contribution >= 4 is 33.7 Å². The highest BCUT2D eigenvalue weighted by Gasteiger charge is 2.19. The molecule has 0 heterocycles. The number of nitrogens with two attached hydrogens (primary N) is 1. The average molecular weight is 395 g/mol. The Morgan fingerprint density at radius 2 is 1.81 bits per heavy atom. The molecule has 2 aromatic carbocycles. The molecule has 0 unspecified atom stereocenters. The van der Waals surface area contributed by atoms with Gasteiger partial charge in [-0.15, -0.1) is 0 Å². The molecule has 0 aliphatic carbocycles. The van der Waals surface area contributed by atoms with Crippen LogP contribution in [-0.4, -0.2) is 34.0 Å². The predicted molar refractivity (Wildman–Crippen MR) is 101 cm³/mol. The van der Waals surface area contributed by atoms with Crippen LogP contribution in [0, 0.1) is 0 Å². The van der Waals surface area contributed by atoms with Gasteiger partial charge in [-0.05, 0) is 60.2 Å². The number of hydrogen-bond donors (Lipinski definition) is 2. The molecule has 0 saturated carbocycles. The smallest absolute Gasteiger partial charge is 0.339 e. The predicted octanol–water partition coefficient (Wildman–Crippen LogP) is 1.64. The van der Waals surface area contributed by atoms with Gasteiger partial charge in [0.1, 0.15) is 10.6 Å². The van der Waals surface area contributed by atoms with E-state index in [1.165, 1.54) is 50.8 Å². The molecule has 0 saturated heterocycles. The van der Waals surface area contributed by atoms with Crippen molar-refractivity contribution in [2.75, 3.05) is 14.2 Å². The van der Waals surface area contributed by atoms with E-state index in [0.717, 1.165) is 0 Å². The minimum atomic E-state index is -4.03. The zero-order chi connectivity index (χ0) is 19.2. The quantitative estimate of drug-likeness (QED) is 0.315. The van der Waals surface area contributed by atoms with Crippen molar-refractivity contribution < 1.29 is 22.1 Å². The molecule has 2 rings (SSSR count). The van der Waals surface area contributed by atoms with Crippen molar-refractivity contribution in [2.45, 2.75) is 4.90 Å². The number of nitrogens with zero attached hydrogens (tertiary/aromatic N) is 1. The lowest BCUT2D eigenvalue weighted by Gasteiger charge is -2.11. The number of hydrazone groups is 1. The van der Waals surface area contributed by atoms with Crippen molar-refractivity contribution in [3.05, 3.63) is 48.0 Å². The Hall–Kier alpha value is -2.85. The Balaban J connectivity index is 2.24. The van der Waals surface area contributed by atoms with Crippen molar-refractivity contribution in [3.8, 4) is 17.2 Å². The fraction of sp³-hybridized carbons (Fsp3) is 0.125. The molecule has 0 amide bonds. The molecule has 0 spiro atoms. The third-order valence-electron chi connectivity index (χ3n) is 3.12. The summed E-state index contributed by atoms with van der Waals surface area (Å²) >= 11 is 4.64. The van der Waals surface area contributed by atoms with Gasteiger partial charge in [0, 0.05) is 0 Å². The first-order valence-electron chi connectivity index (χ1n) is 7.21. The average Bonchev–Trinajstić information content (AvgIpc) is 2.62. The molecule has 26 heavy (non-hydrogen) atoms. The lowest BCUT2D eigenvalue weighted by atomic mass is 10.2. The normalized spacial score (nSPS) is 11.2. The van der Waals surface area contributed by atoms with Gasteiger partial charge in [0.2, 0.25) is 0 Å². The van der Waals surface area contributed by atoms with Gasteiger partial charge in [-0.1, -0.05) is 0 Å². The van der Waals surface area contributed by atoms with E-state index < -0.39 is 10.1 Å². The highest BCUT2D eigenvalue weighted by atomic mass is 32.2. The van der Waals surface area contributed by atoms with Crippen molar-refractivity contribution in [2.24, 2.45) is 10.8 Å². The van der Waals surface area contributed by atoms with Crippen LogP contribution in [-0.2, 0) is 10.1 Å². The molecule has 10 heteroatoms. The zero-order valence-electron chi connectivity index (χ0n) is 14.0. The summed E-state index contributed by atoms with van der Waals surface area (Å²) < 4.78 is 40.2. The molecule has 0 aromatic heterocycles. The highest BCUT2D eigenvalue weighted by Crippen LogP contribution is 2.30. The van der Waals surface area contributed by atoms with E-state index in [2.05, 4.69) is 22.7 Å². The molecule has 138 valence electrons. The summed E-state index contributed by atoms with van der Waals surface area (Å²) in [5.41, 5.74) is 8.31. The van der Waals surface area contributed by atoms with E-state index >= 15 is 0 Å². The molecule has 8 nitrogen and oxygen atoms in total. The lowest BCUT2D eigenvalue weighted by molar-refractivity contribution is 0.390. The van der Waals surface area contributed by atoms with Gasteiger partial charge in [0.05, 0.1) is 20.4 Å². The second kappa shape index (κ2) is 8.50. The van der Waals surface area contributed by atoms with Gasteiger partial charge in [-0.2, -0.15) is 13.5 Å². The second-order valence-electron chi connectivity index (χ2n) is 4.86. The second-order valence-corrected chi connectivity index (χ2v) is 6.84. The van der Waals surface area contributed by atoms with Crippen molar-refractivity contribution in [1.29, 1.82) is 0 Å². The van der Waals surface area contributed by atoms with Gasteiger partial charge < -0.3 is 19.4 Å². The van der Waals surface area contributed by atoms with Crippen LogP contribution in [0.15, 0.2) is 52.5 Å². The number of hydrogen-bond acceptors (Lipinski definition) is 7. The van der Waals surface area contributed by atoms with Crippen LogP contribution < -0.4 is 24.8 Å². The molecule has 0 aliphatic rings. The Bertz CT molecular complexity index is 912. The summed E-state index contributed by atoms with van der Waals surface area (Å²) in [6.45, 7) is 0. The Morgan fingerprint density at radius 3 is 2.38 bits per heavy atom. The first kappa shape index (κ1) is 19.5. The van der Waals surface area contributed by atoms with Crippen LogP contribution in [0.5, 0.6) is 17.2 Å². The summed E-state index contributed by atoms with van der Waals surface area (Å²) in [5, 5.41) is 3.84. The van der Waals surface area contributed by atoms with Crippen molar-refractivity contribution in [1.82, 2.24) is 5.43 Å².